The van der Waals surface area contributed by atoms with Gasteiger partial charge in [-0.25, -0.2) is 0 Å². The van der Waals surface area contributed by atoms with Gasteiger partial charge in [-0.3, -0.25) is 15.1 Å². The van der Waals surface area contributed by atoms with Crippen LogP contribution in [0.4, 0.5) is 5.69 Å². The molecule has 4 aromatic heterocycles. The third-order valence-electron chi connectivity index (χ3n) is 5.81. The number of rotatable bonds is 7. The predicted octanol–water partition coefficient (Wildman–Crippen LogP) is 4.81. The lowest BCUT2D eigenvalue weighted by Gasteiger charge is -2.11. The highest BCUT2D eigenvalue weighted by molar-refractivity contribution is 5.90. The maximum absolute atomic E-state index is 4.58. The van der Waals surface area contributed by atoms with Gasteiger partial charge in [0.1, 0.15) is 5.69 Å². The standard InChI is InChI=1S/C29H26N6/c1-4-26-25(29(35-34-26)27-15-22-10-11-30-18-28(22)33-27)12-19(2)23-14-24(17-31-16-23)32-20(3)13-21-8-6-5-7-9-21/h4-12,14-18,32-34H,2-3,13H2,1H3/b25-12+,26-4+. The molecule has 5 rings (SSSR count). The summed E-state index contributed by atoms with van der Waals surface area (Å²) in [5, 5.41) is 14.1. The fourth-order valence-electron chi connectivity index (χ4n) is 4.07. The van der Waals surface area contributed by atoms with Gasteiger partial charge in [0.15, 0.2) is 0 Å². The van der Waals surface area contributed by atoms with E-state index < -0.39 is 0 Å². The Morgan fingerprint density at radius 1 is 1.03 bits per heavy atom. The number of hydrogen-bond donors (Lipinski definition) is 3. The lowest BCUT2D eigenvalue weighted by Crippen LogP contribution is -2.23. The molecule has 1 aromatic carbocycles. The number of pyridine rings is 2. The van der Waals surface area contributed by atoms with Gasteiger partial charge in [-0.05, 0) is 42.3 Å². The monoisotopic (exact) mass is 458 g/mol. The van der Waals surface area contributed by atoms with Crippen molar-refractivity contribution in [2.24, 2.45) is 0 Å². The molecule has 0 fully saturated rings. The first kappa shape index (κ1) is 22.1. The third-order valence-corrected chi connectivity index (χ3v) is 5.81. The number of hydrogen-bond acceptors (Lipinski definition) is 4. The van der Waals surface area contributed by atoms with Gasteiger partial charge in [-0.15, -0.1) is 0 Å². The molecule has 0 radical (unpaired) electrons. The van der Waals surface area contributed by atoms with Crippen molar-refractivity contribution in [3.8, 4) is 11.4 Å². The van der Waals surface area contributed by atoms with Crippen molar-refractivity contribution in [1.29, 1.82) is 0 Å². The number of fused-ring (bicyclic) bond motifs is 1. The van der Waals surface area contributed by atoms with Crippen LogP contribution < -0.4 is 15.9 Å². The third kappa shape index (κ3) is 4.82. The first-order chi connectivity index (χ1) is 17.1. The van der Waals surface area contributed by atoms with Crippen LogP contribution in [0.5, 0.6) is 0 Å². The number of benzene rings is 1. The number of allylic oxidation sites excluding steroid dienone is 2. The molecule has 3 N–H and O–H groups in total. The first-order valence-corrected chi connectivity index (χ1v) is 11.4. The van der Waals surface area contributed by atoms with E-state index in [4.69, 9.17) is 0 Å². The minimum absolute atomic E-state index is 0.742. The minimum atomic E-state index is 0.742. The molecule has 35 heavy (non-hydrogen) atoms. The van der Waals surface area contributed by atoms with Gasteiger partial charge in [0.05, 0.1) is 34.6 Å². The number of nitrogens with one attached hydrogen (secondary N) is 3. The fraction of sp³-hybridized carbons (Fsp3) is 0.0690. The van der Waals surface area contributed by atoms with Crippen molar-refractivity contribution >= 4 is 34.3 Å². The second-order valence-corrected chi connectivity index (χ2v) is 8.36. The van der Waals surface area contributed by atoms with Gasteiger partial charge in [0.2, 0.25) is 0 Å². The molecule has 0 aliphatic carbocycles. The second-order valence-electron chi connectivity index (χ2n) is 8.36. The zero-order valence-electron chi connectivity index (χ0n) is 19.5. The van der Waals surface area contributed by atoms with Crippen molar-refractivity contribution < 1.29 is 0 Å². The summed E-state index contributed by atoms with van der Waals surface area (Å²) in [4.78, 5) is 12.0. The molecular formula is C29H26N6. The summed E-state index contributed by atoms with van der Waals surface area (Å²) in [6.07, 6.45) is 12.0. The van der Waals surface area contributed by atoms with E-state index in [1.165, 1.54) is 5.56 Å². The van der Waals surface area contributed by atoms with Gasteiger partial charge in [0, 0.05) is 40.7 Å². The van der Waals surface area contributed by atoms with Crippen LogP contribution in [0.3, 0.4) is 0 Å². The zero-order chi connectivity index (χ0) is 24.2. The van der Waals surface area contributed by atoms with Crippen LogP contribution in [0.25, 0.3) is 40.0 Å². The fourth-order valence-corrected chi connectivity index (χ4v) is 4.07. The molecule has 0 spiro atoms. The first-order valence-electron chi connectivity index (χ1n) is 11.4. The molecule has 0 saturated heterocycles. The summed E-state index contributed by atoms with van der Waals surface area (Å²) in [5.74, 6) is 0. The normalized spacial score (nSPS) is 12.3. The predicted molar refractivity (Wildman–Crippen MR) is 144 cm³/mol. The van der Waals surface area contributed by atoms with Crippen LogP contribution in [-0.2, 0) is 6.42 Å². The Morgan fingerprint density at radius 3 is 2.69 bits per heavy atom. The zero-order valence-corrected chi connectivity index (χ0v) is 19.5. The largest absolute Gasteiger partial charge is 0.358 e. The summed E-state index contributed by atoms with van der Waals surface area (Å²) >= 11 is 0. The molecule has 0 bridgehead atoms. The molecule has 4 heterocycles. The van der Waals surface area contributed by atoms with Gasteiger partial charge in [0.25, 0.3) is 0 Å². The highest BCUT2D eigenvalue weighted by Crippen LogP contribution is 2.21. The summed E-state index contributed by atoms with van der Waals surface area (Å²) in [6.45, 7) is 10.5. The van der Waals surface area contributed by atoms with Gasteiger partial charge >= 0.3 is 0 Å². The number of nitrogens with zero attached hydrogens (tertiary/aromatic N) is 3. The summed E-state index contributed by atoms with van der Waals surface area (Å²) < 4.78 is 0. The molecule has 5 aromatic rings. The van der Waals surface area contributed by atoms with Gasteiger partial charge < -0.3 is 10.3 Å². The lowest BCUT2D eigenvalue weighted by atomic mass is 10.1. The van der Waals surface area contributed by atoms with Crippen molar-refractivity contribution in [1.82, 2.24) is 25.1 Å². The van der Waals surface area contributed by atoms with E-state index in [1.807, 2.05) is 61.8 Å². The van der Waals surface area contributed by atoms with Gasteiger partial charge in [-0.2, -0.15) is 5.10 Å². The molecule has 0 saturated carbocycles. The SMILES string of the molecule is C=C(Cc1ccccc1)Nc1cncc(C(=C)/C=c2/c(-c3cc4ccncc4[nH]3)n[nH]/c2=C/C)c1. The molecule has 0 amide bonds. The summed E-state index contributed by atoms with van der Waals surface area (Å²) in [6, 6.07) is 16.3. The van der Waals surface area contributed by atoms with E-state index in [9.17, 15) is 0 Å². The van der Waals surface area contributed by atoms with Crippen molar-refractivity contribution in [2.45, 2.75) is 13.3 Å². The number of H-pyrrole nitrogens is 2. The Labute approximate surface area is 203 Å². The number of aromatic nitrogens is 5. The second kappa shape index (κ2) is 9.65. The smallest absolute Gasteiger partial charge is 0.116 e. The highest BCUT2D eigenvalue weighted by Gasteiger charge is 2.10. The molecule has 6 nitrogen and oxygen atoms in total. The van der Waals surface area contributed by atoms with Crippen LogP contribution in [0.1, 0.15) is 18.1 Å². The average Bonchev–Trinajstić information content (AvgIpc) is 3.48. The number of anilines is 1. The van der Waals surface area contributed by atoms with Crippen molar-refractivity contribution in [2.75, 3.05) is 5.32 Å². The Kier molecular flexibility index (Phi) is 6.09. The molecule has 0 aliphatic rings. The van der Waals surface area contributed by atoms with E-state index in [1.54, 1.807) is 12.4 Å². The summed E-state index contributed by atoms with van der Waals surface area (Å²) in [7, 11) is 0. The Morgan fingerprint density at radius 2 is 1.89 bits per heavy atom. The minimum Gasteiger partial charge on any atom is -0.358 e. The molecule has 0 atom stereocenters. The van der Waals surface area contributed by atoms with Crippen LogP contribution in [0.15, 0.2) is 92.2 Å². The van der Waals surface area contributed by atoms with E-state index in [2.05, 4.69) is 61.8 Å². The van der Waals surface area contributed by atoms with Crippen molar-refractivity contribution in [3.05, 3.63) is 114 Å². The molecule has 0 aliphatic heterocycles. The van der Waals surface area contributed by atoms with E-state index in [-0.39, 0.29) is 0 Å². The molecule has 6 heteroatoms. The quantitative estimate of drug-likeness (QED) is 0.327. The topological polar surface area (TPSA) is 82.3 Å². The Bertz CT molecular complexity index is 1610. The molecule has 0 unspecified atom stereocenters. The average molecular weight is 459 g/mol. The van der Waals surface area contributed by atoms with Crippen molar-refractivity contribution in [3.63, 3.8) is 0 Å². The van der Waals surface area contributed by atoms with Crippen LogP contribution in [-0.4, -0.2) is 25.1 Å². The van der Waals surface area contributed by atoms with Crippen LogP contribution >= 0.6 is 0 Å². The Hall–Kier alpha value is -4.71. The molecule has 172 valence electrons. The highest BCUT2D eigenvalue weighted by atomic mass is 15.1. The summed E-state index contributed by atoms with van der Waals surface area (Å²) in [5.41, 5.74) is 7.44. The van der Waals surface area contributed by atoms with Crippen LogP contribution in [0.2, 0.25) is 0 Å². The van der Waals surface area contributed by atoms with Crippen LogP contribution in [0, 0.1) is 0 Å². The van der Waals surface area contributed by atoms with E-state index in [0.717, 1.165) is 61.8 Å². The van der Waals surface area contributed by atoms with Gasteiger partial charge in [-0.1, -0.05) is 49.6 Å². The number of aromatic amines is 2. The maximum Gasteiger partial charge on any atom is 0.116 e. The lowest BCUT2D eigenvalue weighted by molar-refractivity contribution is 1.06. The maximum atomic E-state index is 4.58. The van der Waals surface area contributed by atoms with E-state index >= 15 is 0 Å². The van der Waals surface area contributed by atoms with E-state index in [0.29, 0.717) is 0 Å². The Balaban J connectivity index is 1.43. The molecular weight excluding hydrogens is 432 g/mol.